The fourth-order valence-corrected chi connectivity index (χ4v) is 7.47. The highest BCUT2D eigenvalue weighted by molar-refractivity contribution is 6.42. The number of aliphatic carboxylic acids is 1. The van der Waals surface area contributed by atoms with Crippen molar-refractivity contribution in [3.05, 3.63) is 140 Å². The first-order valence-electron chi connectivity index (χ1n) is 19.1. The summed E-state index contributed by atoms with van der Waals surface area (Å²) in [5, 5.41) is 16.8. The summed E-state index contributed by atoms with van der Waals surface area (Å²) in [4.78, 5) is 45.9. The minimum absolute atomic E-state index is 0.0611. The molecule has 1 aromatic heterocycles. The number of fused-ring (bicyclic) bond motifs is 2. The van der Waals surface area contributed by atoms with E-state index in [1.807, 2.05) is 100 Å². The van der Waals surface area contributed by atoms with Crippen LogP contribution < -0.4 is 24.8 Å². The first kappa shape index (κ1) is 40.4. The Bertz CT molecular complexity index is 2340. The lowest BCUT2D eigenvalue weighted by Crippen LogP contribution is -2.58. The number of hydrogen-bond donors (Lipinski definition) is 3. The number of amides is 3. The molecular weight excluding hydrogens is 779 g/mol. The number of nitrogens with zero attached hydrogens (tertiary/aromatic N) is 2. The number of aromatic nitrogens is 1. The number of urea groups is 1. The van der Waals surface area contributed by atoms with Crippen LogP contribution in [0, 0.1) is 13.8 Å². The first-order valence-corrected chi connectivity index (χ1v) is 19.8. The van der Waals surface area contributed by atoms with Crippen molar-refractivity contribution in [1.82, 2.24) is 20.5 Å². The van der Waals surface area contributed by atoms with Crippen LogP contribution in [0.2, 0.25) is 10.0 Å². The molecule has 3 amide bonds. The molecule has 0 saturated carbocycles. The molecule has 3 atom stereocenters. The highest BCUT2D eigenvalue weighted by Gasteiger charge is 2.38. The second kappa shape index (κ2) is 17.4. The summed E-state index contributed by atoms with van der Waals surface area (Å²) in [5.74, 6) is -0.00861. The predicted octanol–water partition coefficient (Wildman–Crippen LogP) is 8.42. The summed E-state index contributed by atoms with van der Waals surface area (Å²) in [7, 11) is 0. The number of benzene rings is 4. The van der Waals surface area contributed by atoms with Gasteiger partial charge in [-0.2, -0.15) is 0 Å². The lowest BCUT2D eigenvalue weighted by Gasteiger charge is -2.38. The van der Waals surface area contributed by atoms with Gasteiger partial charge in [0.1, 0.15) is 31.0 Å². The standard InChI is InChI=1S/C45H44Cl2N4O7/c1-25(2)49-45(55)51-22-33-21-41-40(57-24-42(58-41)31-10-12-34(13-11-31)56-23-29-7-14-36(46)37(47)17-29)20-32(33)19-39(51)43(52)50-38(44(53)54)18-28-5-8-30(9-6-28)35-15-16-48-27(4)26(35)3/h5-17,20-21,25,38-39,42H,18-19,22-24H2,1-4H3,(H,49,55)(H,50,52)(H,53,54)/t38-,39-,42+/m0/s1. The quantitative estimate of drug-likeness (QED) is 0.121. The van der Waals surface area contributed by atoms with Gasteiger partial charge in [0.2, 0.25) is 5.91 Å². The molecule has 3 heterocycles. The number of ether oxygens (including phenoxy) is 3. The van der Waals surface area contributed by atoms with E-state index >= 15 is 0 Å². The summed E-state index contributed by atoms with van der Waals surface area (Å²) in [6.07, 6.45) is 1.58. The lowest BCUT2D eigenvalue weighted by atomic mass is 9.92. The van der Waals surface area contributed by atoms with Gasteiger partial charge in [-0.15, -0.1) is 0 Å². The van der Waals surface area contributed by atoms with Crippen LogP contribution in [0.3, 0.4) is 0 Å². The fraction of sp³-hybridized carbons (Fsp3) is 0.289. The topological polar surface area (TPSA) is 139 Å². The van der Waals surface area contributed by atoms with Crippen molar-refractivity contribution in [2.24, 2.45) is 0 Å². The van der Waals surface area contributed by atoms with E-state index in [0.717, 1.165) is 50.2 Å². The van der Waals surface area contributed by atoms with Gasteiger partial charge in [0.05, 0.1) is 10.0 Å². The normalized spacial score (nSPS) is 16.3. The Morgan fingerprint density at radius 1 is 0.897 bits per heavy atom. The number of halogens is 2. The Kier molecular flexibility index (Phi) is 12.1. The molecule has 0 aliphatic carbocycles. The summed E-state index contributed by atoms with van der Waals surface area (Å²) < 4.78 is 18.6. The number of aryl methyl sites for hydroxylation is 1. The zero-order valence-corrected chi connectivity index (χ0v) is 34.1. The molecule has 7 rings (SSSR count). The van der Waals surface area contributed by atoms with Gasteiger partial charge in [-0.3, -0.25) is 9.78 Å². The number of hydrogen-bond acceptors (Lipinski definition) is 7. The monoisotopic (exact) mass is 822 g/mol. The number of nitrogens with one attached hydrogen (secondary N) is 2. The minimum atomic E-state index is -1.22. The average molecular weight is 824 g/mol. The molecule has 2 aliphatic heterocycles. The van der Waals surface area contributed by atoms with Gasteiger partial charge in [0, 0.05) is 37.3 Å². The first-order chi connectivity index (χ1) is 27.8. The van der Waals surface area contributed by atoms with Crippen molar-refractivity contribution >= 4 is 41.1 Å². The molecule has 4 aromatic carbocycles. The maximum Gasteiger partial charge on any atom is 0.326 e. The van der Waals surface area contributed by atoms with Gasteiger partial charge in [-0.1, -0.05) is 65.7 Å². The summed E-state index contributed by atoms with van der Waals surface area (Å²) in [6, 6.07) is 23.4. The largest absolute Gasteiger partial charge is 0.489 e. The van der Waals surface area contributed by atoms with Crippen molar-refractivity contribution in [3.8, 4) is 28.4 Å². The summed E-state index contributed by atoms with van der Waals surface area (Å²) in [5.41, 5.74) is 8.18. The molecule has 0 spiro atoms. The molecule has 13 heteroatoms. The molecule has 58 heavy (non-hydrogen) atoms. The van der Waals surface area contributed by atoms with Gasteiger partial charge in [0.25, 0.3) is 0 Å². The van der Waals surface area contributed by atoms with Gasteiger partial charge >= 0.3 is 12.0 Å². The molecule has 11 nitrogen and oxygen atoms in total. The minimum Gasteiger partial charge on any atom is -0.489 e. The second-order valence-corrected chi connectivity index (χ2v) is 15.7. The molecule has 0 saturated heterocycles. The molecule has 0 fully saturated rings. The van der Waals surface area contributed by atoms with Crippen molar-refractivity contribution in [2.75, 3.05) is 6.61 Å². The van der Waals surface area contributed by atoms with Crippen LogP contribution in [0.5, 0.6) is 17.2 Å². The van der Waals surface area contributed by atoms with Crippen LogP contribution >= 0.6 is 23.2 Å². The highest BCUT2D eigenvalue weighted by Crippen LogP contribution is 2.41. The SMILES string of the molecule is Cc1nccc(-c2ccc(C[C@H](NC(=O)[C@@H]3Cc4cc5c(cc4CN3C(=O)NC(C)C)O[C@@H](c3ccc(OCc4ccc(Cl)c(Cl)c4)cc3)CO5)C(=O)O)cc2)c1C. The smallest absolute Gasteiger partial charge is 0.326 e. The molecule has 5 aromatic rings. The van der Waals surface area contributed by atoms with Crippen LogP contribution in [-0.4, -0.2) is 57.6 Å². The number of pyridine rings is 1. The van der Waals surface area contributed by atoms with E-state index in [2.05, 4.69) is 15.6 Å². The maximum absolute atomic E-state index is 14.0. The molecule has 0 unspecified atom stereocenters. The van der Waals surface area contributed by atoms with E-state index in [9.17, 15) is 19.5 Å². The zero-order chi connectivity index (χ0) is 41.1. The molecule has 3 N–H and O–H groups in total. The van der Waals surface area contributed by atoms with Gasteiger partial charge in [-0.25, -0.2) is 9.59 Å². The highest BCUT2D eigenvalue weighted by atomic mass is 35.5. The Labute approximate surface area is 347 Å². The number of carboxylic acids is 1. The molecule has 0 radical (unpaired) electrons. The molecule has 2 aliphatic rings. The number of carboxylic acid groups (broad SMARTS) is 1. The number of carbonyl (C=O) groups excluding carboxylic acids is 2. The second-order valence-electron chi connectivity index (χ2n) is 14.9. The third kappa shape index (κ3) is 9.16. The third-order valence-electron chi connectivity index (χ3n) is 10.4. The predicted molar refractivity (Wildman–Crippen MR) is 222 cm³/mol. The van der Waals surface area contributed by atoms with Crippen LogP contribution in [-0.2, 0) is 35.6 Å². The Balaban J connectivity index is 1.04. The van der Waals surface area contributed by atoms with E-state index in [1.165, 1.54) is 4.90 Å². The van der Waals surface area contributed by atoms with E-state index in [-0.39, 0.29) is 32.0 Å². The van der Waals surface area contributed by atoms with Crippen LogP contribution in [0.15, 0.2) is 91.1 Å². The Morgan fingerprint density at radius 2 is 1.62 bits per heavy atom. The van der Waals surface area contributed by atoms with E-state index in [0.29, 0.717) is 33.9 Å². The van der Waals surface area contributed by atoms with Crippen LogP contribution in [0.25, 0.3) is 11.1 Å². The van der Waals surface area contributed by atoms with Crippen LogP contribution in [0.1, 0.15) is 59.0 Å². The van der Waals surface area contributed by atoms with E-state index in [1.54, 1.807) is 18.3 Å². The van der Waals surface area contributed by atoms with Gasteiger partial charge in [-0.05, 0) is 115 Å². The van der Waals surface area contributed by atoms with Crippen LogP contribution in [0.4, 0.5) is 4.79 Å². The summed E-state index contributed by atoms with van der Waals surface area (Å²) in [6.45, 7) is 8.33. The van der Waals surface area contributed by atoms with Crippen molar-refractivity contribution in [1.29, 1.82) is 0 Å². The van der Waals surface area contributed by atoms with Gasteiger partial charge in [0.15, 0.2) is 17.6 Å². The molecular formula is C45H44Cl2N4O7. The van der Waals surface area contributed by atoms with Gasteiger partial charge < -0.3 is 34.9 Å². The fourth-order valence-electron chi connectivity index (χ4n) is 7.14. The van der Waals surface area contributed by atoms with E-state index in [4.69, 9.17) is 37.4 Å². The zero-order valence-electron chi connectivity index (χ0n) is 32.6. The van der Waals surface area contributed by atoms with Crippen molar-refractivity contribution in [2.45, 2.75) is 77.9 Å². The number of rotatable bonds is 11. The third-order valence-corrected chi connectivity index (χ3v) is 11.2. The van der Waals surface area contributed by atoms with Crippen molar-refractivity contribution in [3.63, 3.8) is 0 Å². The lowest BCUT2D eigenvalue weighted by molar-refractivity contribution is -0.142. The molecule has 300 valence electrons. The average Bonchev–Trinajstić information content (AvgIpc) is 3.20. The maximum atomic E-state index is 14.0. The number of carbonyl (C=O) groups is 3. The van der Waals surface area contributed by atoms with E-state index < -0.39 is 36.1 Å². The molecule has 0 bridgehead atoms. The van der Waals surface area contributed by atoms with Crippen molar-refractivity contribution < 1.29 is 33.7 Å². The Hall–Kier alpha value is -5.78. The summed E-state index contributed by atoms with van der Waals surface area (Å²) >= 11 is 12.2. The Morgan fingerprint density at radius 3 is 2.33 bits per heavy atom.